The molecule has 1 aromatic heterocycles. The van der Waals surface area contributed by atoms with E-state index in [1.807, 2.05) is 24.3 Å². The Morgan fingerprint density at radius 3 is 2.13 bits per heavy atom. The number of carboxylic acid groups (broad SMARTS) is 2. The van der Waals surface area contributed by atoms with Gasteiger partial charge in [-0.05, 0) is 30.5 Å². The summed E-state index contributed by atoms with van der Waals surface area (Å²) in [5.41, 5.74) is 8.42. The second kappa shape index (κ2) is 13.2. The summed E-state index contributed by atoms with van der Waals surface area (Å²) in [5, 5.41) is 26.7. The zero-order valence-electron chi connectivity index (χ0n) is 21.2. The Hall–Kier alpha value is -4.71. The number of nitrogens with one attached hydrogen (secondary N) is 4. The van der Waals surface area contributed by atoms with E-state index in [0.717, 1.165) is 16.5 Å². The average Bonchev–Trinajstić information content (AvgIpc) is 3.30. The highest BCUT2D eigenvalue weighted by atomic mass is 16.4. The molecule has 4 atom stereocenters. The predicted molar refractivity (Wildman–Crippen MR) is 141 cm³/mol. The summed E-state index contributed by atoms with van der Waals surface area (Å²) in [4.78, 5) is 64.3. The van der Waals surface area contributed by atoms with E-state index in [9.17, 15) is 34.2 Å². The maximum atomic E-state index is 12.8. The number of hydrogen-bond donors (Lipinski definition) is 7. The van der Waals surface area contributed by atoms with Crippen molar-refractivity contribution in [1.29, 1.82) is 0 Å². The molecule has 0 aliphatic rings. The Kier molecular flexibility index (Phi) is 9.76. The zero-order valence-corrected chi connectivity index (χ0v) is 21.2. The summed E-state index contributed by atoms with van der Waals surface area (Å²) in [6.07, 6.45) is 1.11. The van der Waals surface area contributed by atoms with Gasteiger partial charge in [0.2, 0.25) is 17.7 Å². The monoisotopic (exact) mass is 537 g/mol. The van der Waals surface area contributed by atoms with Crippen LogP contribution in [-0.4, -0.2) is 69.0 Å². The second-order valence-electron chi connectivity index (χ2n) is 9.15. The molecule has 12 nitrogen and oxygen atoms in total. The van der Waals surface area contributed by atoms with Crippen molar-refractivity contribution in [2.75, 3.05) is 0 Å². The van der Waals surface area contributed by atoms with E-state index < -0.39 is 60.2 Å². The van der Waals surface area contributed by atoms with E-state index in [1.54, 1.807) is 36.5 Å². The lowest BCUT2D eigenvalue weighted by molar-refractivity contribution is -0.143. The van der Waals surface area contributed by atoms with Gasteiger partial charge < -0.3 is 36.9 Å². The smallest absolute Gasteiger partial charge is 0.326 e. The van der Waals surface area contributed by atoms with Crippen LogP contribution in [0.15, 0.2) is 60.8 Å². The molecule has 39 heavy (non-hydrogen) atoms. The van der Waals surface area contributed by atoms with Crippen LogP contribution in [0.1, 0.15) is 24.5 Å². The van der Waals surface area contributed by atoms with Crippen molar-refractivity contribution in [2.24, 2.45) is 5.73 Å². The molecule has 2 aromatic carbocycles. The number of carbonyl (C=O) groups excluding carboxylic acids is 3. The molecule has 0 saturated heterocycles. The molecule has 4 unspecified atom stereocenters. The number of hydrogen-bond acceptors (Lipinski definition) is 6. The number of carboxylic acids is 2. The number of nitrogens with two attached hydrogens (primary N) is 1. The lowest BCUT2D eigenvalue weighted by atomic mass is 10.0. The molecular formula is C27H31N5O7. The predicted octanol–water partition coefficient (Wildman–Crippen LogP) is 0.314. The third-order valence-corrected chi connectivity index (χ3v) is 6.11. The summed E-state index contributed by atoms with van der Waals surface area (Å²) in [5.74, 6) is -5.14. The molecule has 3 aromatic rings. The highest BCUT2D eigenvalue weighted by molar-refractivity contribution is 5.95. The normalized spacial score (nSPS) is 14.0. The van der Waals surface area contributed by atoms with Gasteiger partial charge in [-0.3, -0.25) is 19.2 Å². The number of rotatable bonds is 13. The Morgan fingerprint density at radius 2 is 1.46 bits per heavy atom. The van der Waals surface area contributed by atoms with Crippen molar-refractivity contribution in [2.45, 2.75) is 50.4 Å². The SMILES string of the molecule is CC(NC(=O)C(N)Cc1c[nH]c2ccccc12)C(=O)NC(CC(=O)O)C(=O)NC(Cc1ccccc1)C(=O)O. The van der Waals surface area contributed by atoms with Crippen LogP contribution in [0.2, 0.25) is 0 Å². The summed E-state index contributed by atoms with van der Waals surface area (Å²) in [7, 11) is 0. The quantitative estimate of drug-likeness (QED) is 0.161. The Labute approximate surface area is 224 Å². The largest absolute Gasteiger partial charge is 0.481 e. The number of para-hydroxylation sites is 1. The lowest BCUT2D eigenvalue weighted by Crippen LogP contribution is -2.57. The molecule has 3 rings (SSSR count). The van der Waals surface area contributed by atoms with Gasteiger partial charge in [-0.15, -0.1) is 0 Å². The minimum atomic E-state index is -1.58. The number of amides is 3. The second-order valence-corrected chi connectivity index (χ2v) is 9.15. The number of aromatic nitrogens is 1. The fraction of sp³-hybridized carbons (Fsp3) is 0.296. The zero-order chi connectivity index (χ0) is 28.5. The fourth-order valence-corrected chi connectivity index (χ4v) is 4.02. The Bertz CT molecular complexity index is 1340. The Balaban J connectivity index is 1.60. The van der Waals surface area contributed by atoms with Crippen LogP contribution in [0.4, 0.5) is 0 Å². The minimum Gasteiger partial charge on any atom is -0.481 e. The Morgan fingerprint density at radius 1 is 0.821 bits per heavy atom. The van der Waals surface area contributed by atoms with E-state index in [0.29, 0.717) is 5.56 Å². The van der Waals surface area contributed by atoms with E-state index in [4.69, 9.17) is 5.73 Å². The molecule has 8 N–H and O–H groups in total. The molecular weight excluding hydrogens is 506 g/mol. The average molecular weight is 538 g/mol. The molecule has 0 bridgehead atoms. The molecule has 0 fully saturated rings. The lowest BCUT2D eigenvalue weighted by Gasteiger charge is -2.23. The third-order valence-electron chi connectivity index (χ3n) is 6.11. The standard InChI is InChI=1S/C27H31N5O7/c1-15(30-25(36)19(28)12-17-14-29-20-10-6-5-9-18(17)20)24(35)31-21(13-23(33)34)26(37)32-22(27(38)39)11-16-7-3-2-4-8-16/h2-10,14-15,19,21-22,29H,11-13,28H2,1H3,(H,30,36)(H,31,35)(H,32,37)(H,33,34)(H,38,39). The third kappa shape index (κ3) is 8.14. The molecule has 206 valence electrons. The molecule has 3 amide bonds. The van der Waals surface area contributed by atoms with Gasteiger partial charge in [-0.25, -0.2) is 4.79 Å². The molecule has 0 spiro atoms. The molecule has 0 aliphatic carbocycles. The topological polar surface area (TPSA) is 204 Å². The molecule has 1 heterocycles. The van der Waals surface area contributed by atoms with Crippen LogP contribution < -0.4 is 21.7 Å². The van der Waals surface area contributed by atoms with Crippen LogP contribution in [-0.2, 0) is 36.8 Å². The summed E-state index contributed by atoms with van der Waals surface area (Å²) >= 11 is 0. The van der Waals surface area contributed by atoms with E-state index >= 15 is 0 Å². The molecule has 0 radical (unpaired) electrons. The van der Waals surface area contributed by atoms with E-state index in [2.05, 4.69) is 20.9 Å². The van der Waals surface area contributed by atoms with Crippen LogP contribution in [0.3, 0.4) is 0 Å². The maximum Gasteiger partial charge on any atom is 0.326 e. The number of carbonyl (C=O) groups is 5. The van der Waals surface area contributed by atoms with Gasteiger partial charge in [0, 0.05) is 23.5 Å². The fourth-order valence-electron chi connectivity index (χ4n) is 4.02. The van der Waals surface area contributed by atoms with Crippen molar-refractivity contribution in [3.05, 3.63) is 71.9 Å². The summed E-state index contributed by atoms with van der Waals surface area (Å²) in [6, 6.07) is 11.0. The number of aromatic amines is 1. The van der Waals surface area contributed by atoms with Crippen molar-refractivity contribution in [1.82, 2.24) is 20.9 Å². The highest BCUT2D eigenvalue weighted by Crippen LogP contribution is 2.18. The molecule has 0 saturated carbocycles. The van der Waals surface area contributed by atoms with Crippen LogP contribution >= 0.6 is 0 Å². The van der Waals surface area contributed by atoms with Crippen LogP contribution in [0, 0.1) is 0 Å². The van der Waals surface area contributed by atoms with Crippen LogP contribution in [0.25, 0.3) is 10.9 Å². The van der Waals surface area contributed by atoms with Gasteiger partial charge in [-0.2, -0.15) is 0 Å². The number of aliphatic carboxylic acids is 2. The van der Waals surface area contributed by atoms with Crippen molar-refractivity contribution < 1.29 is 34.2 Å². The maximum absolute atomic E-state index is 12.8. The number of fused-ring (bicyclic) bond motifs is 1. The molecule has 0 aliphatic heterocycles. The van der Waals surface area contributed by atoms with Gasteiger partial charge in [0.15, 0.2) is 0 Å². The number of H-pyrrole nitrogens is 1. The minimum absolute atomic E-state index is 0.0452. The summed E-state index contributed by atoms with van der Waals surface area (Å²) < 4.78 is 0. The first-order chi connectivity index (χ1) is 18.5. The first-order valence-electron chi connectivity index (χ1n) is 12.3. The van der Waals surface area contributed by atoms with Crippen molar-refractivity contribution >= 4 is 40.6 Å². The van der Waals surface area contributed by atoms with Gasteiger partial charge in [0.1, 0.15) is 18.1 Å². The van der Waals surface area contributed by atoms with Gasteiger partial charge in [-0.1, -0.05) is 48.5 Å². The van der Waals surface area contributed by atoms with Crippen LogP contribution in [0.5, 0.6) is 0 Å². The van der Waals surface area contributed by atoms with Gasteiger partial charge >= 0.3 is 11.9 Å². The van der Waals surface area contributed by atoms with Gasteiger partial charge in [0.25, 0.3) is 0 Å². The van der Waals surface area contributed by atoms with Crippen molar-refractivity contribution in [3.63, 3.8) is 0 Å². The summed E-state index contributed by atoms with van der Waals surface area (Å²) in [6.45, 7) is 1.36. The van der Waals surface area contributed by atoms with Gasteiger partial charge in [0.05, 0.1) is 12.5 Å². The van der Waals surface area contributed by atoms with E-state index in [1.165, 1.54) is 6.92 Å². The first kappa shape index (κ1) is 28.9. The molecule has 12 heteroatoms. The highest BCUT2D eigenvalue weighted by Gasteiger charge is 2.30. The van der Waals surface area contributed by atoms with Crippen molar-refractivity contribution in [3.8, 4) is 0 Å². The van der Waals surface area contributed by atoms with E-state index in [-0.39, 0.29) is 12.8 Å². The number of benzene rings is 2. The first-order valence-corrected chi connectivity index (χ1v) is 12.3.